The van der Waals surface area contributed by atoms with Gasteiger partial charge in [0.05, 0.1) is 23.4 Å². The zero-order valence-electron chi connectivity index (χ0n) is 12.5. The Morgan fingerprint density at radius 3 is 2.32 bits per heavy atom. The van der Waals surface area contributed by atoms with Crippen LogP contribution in [0.1, 0.15) is 44.9 Å². The second-order valence-corrected chi connectivity index (χ2v) is 7.18. The molecule has 0 heterocycles. The van der Waals surface area contributed by atoms with Crippen LogP contribution in [0.2, 0.25) is 0 Å². The molecule has 5 aliphatic carbocycles. The van der Waals surface area contributed by atoms with Gasteiger partial charge in [-0.2, -0.15) is 15.8 Å². The summed E-state index contributed by atoms with van der Waals surface area (Å²) < 4.78 is 0. The molecular formula is C18H18N4. The van der Waals surface area contributed by atoms with Gasteiger partial charge in [-0.05, 0) is 62.4 Å². The van der Waals surface area contributed by atoms with Crippen LogP contribution in [0.15, 0.2) is 22.4 Å². The van der Waals surface area contributed by atoms with Gasteiger partial charge in [0.15, 0.2) is 5.41 Å². The summed E-state index contributed by atoms with van der Waals surface area (Å²) in [7, 11) is 0. The van der Waals surface area contributed by atoms with Crippen molar-refractivity contribution in [2.75, 3.05) is 0 Å². The normalized spacial score (nSPS) is 37.9. The summed E-state index contributed by atoms with van der Waals surface area (Å²) in [6.07, 6.45) is 7.00. The SMILES string of the molecule is N#CC1=C(N)C(C#N)(C#N)C23CCC(CC2)C2CCCC1=C23. The van der Waals surface area contributed by atoms with Crippen LogP contribution in [0.4, 0.5) is 0 Å². The van der Waals surface area contributed by atoms with E-state index in [0.29, 0.717) is 17.4 Å². The minimum absolute atomic E-state index is 0.222. The number of nitriles is 3. The van der Waals surface area contributed by atoms with Gasteiger partial charge in [-0.15, -0.1) is 0 Å². The quantitative estimate of drug-likeness (QED) is 0.741. The molecular weight excluding hydrogens is 272 g/mol. The van der Waals surface area contributed by atoms with Crippen LogP contribution in [0.3, 0.4) is 0 Å². The molecule has 0 aromatic carbocycles. The Labute approximate surface area is 130 Å². The predicted molar refractivity (Wildman–Crippen MR) is 79.2 cm³/mol. The van der Waals surface area contributed by atoms with Crippen LogP contribution in [0, 0.1) is 56.7 Å². The molecule has 3 saturated carbocycles. The molecule has 5 aliphatic rings. The van der Waals surface area contributed by atoms with Gasteiger partial charge < -0.3 is 5.73 Å². The molecule has 0 saturated heterocycles. The lowest BCUT2D eigenvalue weighted by atomic mass is 9.40. The maximum absolute atomic E-state index is 9.92. The van der Waals surface area contributed by atoms with E-state index in [1.807, 2.05) is 0 Å². The summed E-state index contributed by atoms with van der Waals surface area (Å²) in [5.41, 5.74) is 7.52. The number of nitrogens with two attached hydrogens (primary N) is 1. The van der Waals surface area contributed by atoms with E-state index in [1.54, 1.807) is 0 Å². The minimum atomic E-state index is -1.35. The Balaban J connectivity index is 2.10. The van der Waals surface area contributed by atoms with Gasteiger partial charge in [-0.25, -0.2) is 0 Å². The van der Waals surface area contributed by atoms with Crippen LogP contribution < -0.4 is 5.73 Å². The maximum Gasteiger partial charge on any atom is 0.193 e. The summed E-state index contributed by atoms with van der Waals surface area (Å²) in [6, 6.07) is 6.73. The summed E-state index contributed by atoms with van der Waals surface area (Å²) in [6.45, 7) is 0. The van der Waals surface area contributed by atoms with Crippen molar-refractivity contribution in [1.82, 2.24) is 0 Å². The van der Waals surface area contributed by atoms with E-state index in [2.05, 4.69) is 18.2 Å². The van der Waals surface area contributed by atoms with E-state index >= 15 is 0 Å². The molecule has 0 aliphatic heterocycles. The first-order chi connectivity index (χ1) is 10.6. The van der Waals surface area contributed by atoms with E-state index in [0.717, 1.165) is 50.5 Å². The van der Waals surface area contributed by atoms with Gasteiger partial charge in [0, 0.05) is 5.41 Å². The fourth-order valence-corrected chi connectivity index (χ4v) is 5.85. The third-order valence-corrected chi connectivity index (χ3v) is 6.75. The summed E-state index contributed by atoms with van der Waals surface area (Å²) in [5.74, 6) is 1.13. The maximum atomic E-state index is 9.92. The summed E-state index contributed by atoms with van der Waals surface area (Å²) in [5, 5.41) is 29.5. The van der Waals surface area contributed by atoms with Crippen molar-refractivity contribution in [3.63, 3.8) is 0 Å². The molecule has 4 heteroatoms. The lowest BCUT2D eigenvalue weighted by molar-refractivity contribution is 0.0224. The molecule has 4 nitrogen and oxygen atoms in total. The first kappa shape index (κ1) is 13.4. The van der Waals surface area contributed by atoms with Gasteiger partial charge in [0.25, 0.3) is 0 Å². The number of fused-ring (bicyclic) bond motifs is 2. The first-order valence-corrected chi connectivity index (χ1v) is 8.12. The summed E-state index contributed by atoms with van der Waals surface area (Å²) in [4.78, 5) is 0. The highest BCUT2D eigenvalue weighted by atomic mass is 14.8. The zero-order valence-corrected chi connectivity index (χ0v) is 12.5. The number of hydrogen-bond acceptors (Lipinski definition) is 4. The molecule has 1 atom stereocenters. The van der Waals surface area contributed by atoms with Crippen LogP contribution >= 0.6 is 0 Å². The Bertz CT molecular complexity index is 727. The molecule has 3 fully saturated rings. The highest BCUT2D eigenvalue weighted by molar-refractivity contribution is 5.62. The Hall–Kier alpha value is -2.25. The van der Waals surface area contributed by atoms with Gasteiger partial charge in [-0.1, -0.05) is 5.57 Å². The molecule has 5 rings (SSSR count). The lowest BCUT2D eigenvalue weighted by Crippen LogP contribution is -2.56. The van der Waals surface area contributed by atoms with E-state index in [9.17, 15) is 15.8 Å². The standard InChI is InChI=1S/C18H18N4/c19-8-14-13-3-1-2-12-11-4-6-17(7-5-11,15(12)13)18(9-20,10-21)16(14)22/h11-12H,1-7,22H2. The number of allylic oxidation sites excluding steroid dienone is 4. The Morgan fingerprint density at radius 1 is 1.05 bits per heavy atom. The fourth-order valence-electron chi connectivity index (χ4n) is 5.85. The van der Waals surface area contributed by atoms with Crippen molar-refractivity contribution >= 4 is 0 Å². The smallest absolute Gasteiger partial charge is 0.193 e. The van der Waals surface area contributed by atoms with Gasteiger partial charge in [0.1, 0.15) is 6.07 Å². The number of rotatable bonds is 0. The molecule has 2 bridgehead atoms. The fraction of sp³-hybridized carbons (Fsp3) is 0.611. The van der Waals surface area contributed by atoms with E-state index in [1.165, 1.54) is 5.57 Å². The van der Waals surface area contributed by atoms with Crippen molar-refractivity contribution in [3.05, 3.63) is 22.4 Å². The Kier molecular flexibility index (Phi) is 2.53. The second kappa shape index (κ2) is 4.15. The zero-order chi connectivity index (χ0) is 15.5. The highest BCUT2D eigenvalue weighted by Crippen LogP contribution is 2.70. The highest BCUT2D eigenvalue weighted by Gasteiger charge is 2.66. The molecule has 1 spiro atoms. The van der Waals surface area contributed by atoms with Crippen molar-refractivity contribution in [2.45, 2.75) is 44.9 Å². The number of hydrogen-bond donors (Lipinski definition) is 1. The first-order valence-electron chi connectivity index (χ1n) is 8.12. The largest absolute Gasteiger partial charge is 0.399 e. The molecule has 110 valence electrons. The van der Waals surface area contributed by atoms with E-state index in [4.69, 9.17) is 5.73 Å². The summed E-state index contributed by atoms with van der Waals surface area (Å²) >= 11 is 0. The molecule has 1 unspecified atom stereocenters. The van der Waals surface area contributed by atoms with Crippen LogP contribution in [0.25, 0.3) is 0 Å². The van der Waals surface area contributed by atoms with Gasteiger partial charge in [0.2, 0.25) is 0 Å². The predicted octanol–water partition coefficient (Wildman–Crippen LogP) is 3.06. The van der Waals surface area contributed by atoms with Crippen molar-refractivity contribution in [1.29, 1.82) is 15.8 Å². The average Bonchev–Trinajstić information content (AvgIpc) is 2.57. The lowest BCUT2D eigenvalue weighted by Gasteiger charge is -2.61. The van der Waals surface area contributed by atoms with Crippen LogP contribution in [-0.4, -0.2) is 0 Å². The minimum Gasteiger partial charge on any atom is -0.399 e. The van der Waals surface area contributed by atoms with Gasteiger partial charge >= 0.3 is 0 Å². The monoisotopic (exact) mass is 290 g/mol. The number of nitrogens with zero attached hydrogens (tertiary/aromatic N) is 3. The molecule has 0 amide bonds. The third kappa shape index (κ3) is 1.19. The molecule has 22 heavy (non-hydrogen) atoms. The van der Waals surface area contributed by atoms with Crippen molar-refractivity contribution in [3.8, 4) is 18.2 Å². The average molecular weight is 290 g/mol. The molecule has 2 N–H and O–H groups in total. The van der Waals surface area contributed by atoms with Gasteiger partial charge in [-0.3, -0.25) is 0 Å². The second-order valence-electron chi connectivity index (χ2n) is 7.18. The van der Waals surface area contributed by atoms with Crippen molar-refractivity contribution < 1.29 is 0 Å². The van der Waals surface area contributed by atoms with E-state index < -0.39 is 10.8 Å². The molecule has 0 radical (unpaired) electrons. The Morgan fingerprint density at radius 2 is 1.73 bits per heavy atom. The molecule has 0 aromatic heterocycles. The van der Waals surface area contributed by atoms with Crippen LogP contribution in [-0.2, 0) is 0 Å². The topological polar surface area (TPSA) is 97.4 Å². The third-order valence-electron chi connectivity index (χ3n) is 6.75. The van der Waals surface area contributed by atoms with Crippen molar-refractivity contribution in [2.24, 2.45) is 28.4 Å². The van der Waals surface area contributed by atoms with Crippen LogP contribution in [0.5, 0.6) is 0 Å². The van der Waals surface area contributed by atoms with E-state index in [-0.39, 0.29) is 5.70 Å². The molecule has 0 aromatic rings.